The van der Waals surface area contributed by atoms with Gasteiger partial charge in [0.1, 0.15) is 0 Å². The summed E-state index contributed by atoms with van der Waals surface area (Å²) >= 11 is 0. The molecule has 1 saturated heterocycles. The monoisotopic (exact) mass is 400 g/mol. The van der Waals surface area contributed by atoms with E-state index >= 15 is 0 Å². The highest BCUT2D eigenvalue weighted by Gasteiger charge is 2.54. The second-order valence-corrected chi connectivity index (χ2v) is 11.0. The van der Waals surface area contributed by atoms with Crippen molar-refractivity contribution in [2.75, 3.05) is 38.1 Å². The van der Waals surface area contributed by atoms with Gasteiger partial charge in [-0.05, 0) is 92.0 Å². The van der Waals surface area contributed by atoms with E-state index in [1.165, 1.54) is 57.3 Å². The molecule has 0 radical (unpaired) electrons. The van der Waals surface area contributed by atoms with Crippen LogP contribution in [0.4, 0.5) is 5.69 Å². The van der Waals surface area contributed by atoms with Crippen LogP contribution in [0.1, 0.15) is 55.6 Å². The number of likely N-dealkylation sites (N-methyl/N-ethyl adjacent to an activating group) is 1. The van der Waals surface area contributed by atoms with Gasteiger partial charge in [0.15, 0.2) is 0 Å². The van der Waals surface area contributed by atoms with Gasteiger partial charge in [0, 0.05) is 37.8 Å². The van der Waals surface area contributed by atoms with E-state index in [0.717, 1.165) is 30.8 Å². The lowest BCUT2D eigenvalue weighted by molar-refractivity contribution is -0.0618. The van der Waals surface area contributed by atoms with Crippen LogP contribution in [0.5, 0.6) is 0 Å². The van der Waals surface area contributed by atoms with Gasteiger partial charge in [-0.3, -0.25) is 0 Å². The molecule has 2 aromatic rings. The van der Waals surface area contributed by atoms with Gasteiger partial charge in [-0.2, -0.15) is 0 Å². The largest absolute Gasteiger partial charge is 0.369 e. The van der Waals surface area contributed by atoms with Crippen LogP contribution in [-0.2, 0) is 0 Å². The summed E-state index contributed by atoms with van der Waals surface area (Å²) in [6.07, 6.45) is 8.92. The fraction of sp³-hybridized carbons (Fsp3) is 0.571. The molecule has 4 bridgehead atoms. The maximum Gasteiger partial charge on any atom is 0.0367 e. The van der Waals surface area contributed by atoms with Crippen LogP contribution in [0.2, 0.25) is 0 Å². The molecule has 0 aromatic heterocycles. The predicted octanol–water partition coefficient (Wildman–Crippen LogP) is 5.79. The van der Waals surface area contributed by atoms with E-state index < -0.39 is 0 Å². The van der Waals surface area contributed by atoms with Crippen molar-refractivity contribution in [3.63, 3.8) is 0 Å². The molecule has 0 amide bonds. The molecule has 0 unspecified atom stereocenters. The molecule has 4 saturated carbocycles. The third-order valence-corrected chi connectivity index (χ3v) is 8.93. The highest BCUT2D eigenvalue weighted by atomic mass is 15.2. The summed E-state index contributed by atoms with van der Waals surface area (Å²) in [6, 6.07) is 21.3. The SMILES string of the molecule is CN1CCN(c2ccc([C@@H](c3ccccc3)C34CC5CC(CC(C5)C3)C4)cc2)CC1. The second-order valence-electron chi connectivity index (χ2n) is 11.0. The Morgan fingerprint density at radius 2 is 1.23 bits per heavy atom. The number of hydrogen-bond acceptors (Lipinski definition) is 2. The molecule has 5 fully saturated rings. The van der Waals surface area contributed by atoms with Gasteiger partial charge in [-0.15, -0.1) is 0 Å². The topological polar surface area (TPSA) is 6.48 Å². The van der Waals surface area contributed by atoms with E-state index in [9.17, 15) is 0 Å². The van der Waals surface area contributed by atoms with Crippen molar-refractivity contribution in [1.29, 1.82) is 0 Å². The summed E-state index contributed by atoms with van der Waals surface area (Å²) in [5.74, 6) is 3.54. The zero-order valence-corrected chi connectivity index (χ0v) is 18.5. The van der Waals surface area contributed by atoms with Gasteiger partial charge in [0.2, 0.25) is 0 Å². The molecule has 2 aromatic carbocycles. The predicted molar refractivity (Wildman–Crippen MR) is 125 cm³/mol. The molecule has 1 atom stereocenters. The number of rotatable bonds is 4. The molecule has 158 valence electrons. The summed E-state index contributed by atoms with van der Waals surface area (Å²) in [6.45, 7) is 4.63. The Bertz CT molecular complexity index is 828. The number of hydrogen-bond donors (Lipinski definition) is 0. The lowest BCUT2D eigenvalue weighted by Crippen LogP contribution is -2.49. The molecule has 2 heteroatoms. The molecule has 0 N–H and O–H groups in total. The van der Waals surface area contributed by atoms with Gasteiger partial charge in [0.05, 0.1) is 0 Å². The van der Waals surface area contributed by atoms with Crippen LogP contribution < -0.4 is 4.90 Å². The van der Waals surface area contributed by atoms with Gasteiger partial charge in [-0.25, -0.2) is 0 Å². The van der Waals surface area contributed by atoms with Crippen molar-refractivity contribution in [3.05, 3.63) is 65.7 Å². The van der Waals surface area contributed by atoms with E-state index in [1.54, 1.807) is 11.1 Å². The summed E-state index contributed by atoms with van der Waals surface area (Å²) in [5.41, 5.74) is 5.00. The standard InChI is InChI=1S/C28H36N2/c1-29-11-13-30(14-12-29)26-9-7-25(8-10-26)27(24-5-3-2-4-6-24)28-18-21-15-22(19-28)17-23(16-21)20-28/h2-10,21-23,27H,11-20H2,1H3/t21?,22?,23?,27-,28?/m1/s1. The Morgan fingerprint density at radius 1 is 0.700 bits per heavy atom. The first-order valence-electron chi connectivity index (χ1n) is 12.3. The first-order chi connectivity index (χ1) is 14.7. The molecular formula is C28H36N2. The molecule has 4 aliphatic carbocycles. The quantitative estimate of drug-likeness (QED) is 0.641. The van der Waals surface area contributed by atoms with Gasteiger partial charge in [-0.1, -0.05) is 42.5 Å². The average molecular weight is 401 g/mol. The maximum atomic E-state index is 2.56. The smallest absolute Gasteiger partial charge is 0.0367 e. The molecule has 2 nitrogen and oxygen atoms in total. The summed E-state index contributed by atoms with van der Waals surface area (Å²) in [7, 11) is 2.23. The van der Waals surface area contributed by atoms with Crippen LogP contribution in [0.3, 0.4) is 0 Å². The number of piperazine rings is 1. The van der Waals surface area contributed by atoms with Crippen molar-refractivity contribution in [3.8, 4) is 0 Å². The lowest BCUT2D eigenvalue weighted by Gasteiger charge is -2.60. The van der Waals surface area contributed by atoms with Crippen LogP contribution >= 0.6 is 0 Å². The fourth-order valence-corrected chi connectivity index (χ4v) is 8.02. The van der Waals surface area contributed by atoms with E-state index in [2.05, 4.69) is 71.4 Å². The first kappa shape index (κ1) is 18.9. The van der Waals surface area contributed by atoms with Crippen molar-refractivity contribution in [2.24, 2.45) is 23.2 Å². The third-order valence-electron chi connectivity index (χ3n) is 8.93. The van der Waals surface area contributed by atoms with Crippen molar-refractivity contribution >= 4 is 5.69 Å². The number of benzene rings is 2. The Kier molecular flexibility index (Phi) is 4.67. The lowest BCUT2D eigenvalue weighted by atomic mass is 9.45. The van der Waals surface area contributed by atoms with E-state index in [-0.39, 0.29) is 0 Å². The summed E-state index contributed by atoms with van der Waals surface area (Å²) in [5, 5.41) is 0. The second kappa shape index (κ2) is 7.41. The molecule has 5 aliphatic rings. The zero-order chi connectivity index (χ0) is 20.1. The van der Waals surface area contributed by atoms with Crippen molar-refractivity contribution in [1.82, 2.24) is 4.90 Å². The van der Waals surface area contributed by atoms with Gasteiger partial charge >= 0.3 is 0 Å². The Balaban J connectivity index is 1.35. The molecule has 0 spiro atoms. The van der Waals surface area contributed by atoms with E-state index in [0.29, 0.717) is 11.3 Å². The van der Waals surface area contributed by atoms with Crippen LogP contribution in [-0.4, -0.2) is 38.1 Å². The van der Waals surface area contributed by atoms with Gasteiger partial charge in [0.25, 0.3) is 0 Å². The molecule has 1 aliphatic heterocycles. The fourth-order valence-electron chi connectivity index (χ4n) is 8.02. The average Bonchev–Trinajstić information content (AvgIpc) is 2.75. The third kappa shape index (κ3) is 3.28. The molecule has 7 rings (SSSR count). The van der Waals surface area contributed by atoms with Crippen molar-refractivity contribution in [2.45, 2.75) is 44.4 Å². The van der Waals surface area contributed by atoms with Gasteiger partial charge < -0.3 is 9.80 Å². The molecule has 30 heavy (non-hydrogen) atoms. The number of anilines is 1. The van der Waals surface area contributed by atoms with Crippen LogP contribution in [0, 0.1) is 23.2 Å². The minimum Gasteiger partial charge on any atom is -0.369 e. The molecular weight excluding hydrogens is 364 g/mol. The van der Waals surface area contributed by atoms with Crippen LogP contribution in [0.15, 0.2) is 54.6 Å². The summed E-state index contributed by atoms with van der Waals surface area (Å²) in [4.78, 5) is 5.00. The Hall–Kier alpha value is -1.80. The molecule has 1 heterocycles. The van der Waals surface area contributed by atoms with E-state index in [1.807, 2.05) is 0 Å². The zero-order valence-electron chi connectivity index (χ0n) is 18.5. The maximum absolute atomic E-state index is 2.56. The minimum atomic E-state index is 0.492. The van der Waals surface area contributed by atoms with Crippen LogP contribution in [0.25, 0.3) is 0 Å². The highest BCUT2D eigenvalue weighted by Crippen LogP contribution is 2.65. The van der Waals surface area contributed by atoms with Crippen molar-refractivity contribution < 1.29 is 0 Å². The normalized spacial score (nSPS) is 34.3. The Morgan fingerprint density at radius 3 is 1.80 bits per heavy atom. The number of nitrogens with zero attached hydrogens (tertiary/aromatic N) is 2. The minimum absolute atomic E-state index is 0.492. The first-order valence-corrected chi connectivity index (χ1v) is 12.3. The Labute approximate surface area is 182 Å². The van der Waals surface area contributed by atoms with E-state index in [4.69, 9.17) is 0 Å². The highest BCUT2D eigenvalue weighted by molar-refractivity contribution is 5.50. The summed E-state index contributed by atoms with van der Waals surface area (Å²) < 4.78 is 0.